The zero-order chi connectivity index (χ0) is 20.4. The van der Waals surface area contributed by atoms with Gasteiger partial charge in [-0.2, -0.15) is 0 Å². The maximum absolute atomic E-state index is 13.3. The van der Waals surface area contributed by atoms with Crippen LogP contribution in [-0.4, -0.2) is 17.0 Å². The summed E-state index contributed by atoms with van der Waals surface area (Å²) in [5, 5.41) is 9.98. The molecule has 146 valence electrons. The van der Waals surface area contributed by atoms with Crippen molar-refractivity contribution in [1.29, 1.82) is 0 Å². The molecule has 0 bridgehead atoms. The smallest absolute Gasteiger partial charge is 0.315 e. The molecule has 1 saturated carbocycles. The Morgan fingerprint density at radius 2 is 1.21 bits per heavy atom. The summed E-state index contributed by atoms with van der Waals surface area (Å²) in [6.07, 6.45) is 0. The number of aliphatic carboxylic acids is 1. The number of carbonyl (C=O) groups is 2. The van der Waals surface area contributed by atoms with Gasteiger partial charge in [-0.1, -0.05) is 72.8 Å². The summed E-state index contributed by atoms with van der Waals surface area (Å²) in [5.41, 5.74) is 1.69. The second-order valence-corrected chi connectivity index (χ2v) is 8.28. The highest BCUT2D eigenvalue weighted by molar-refractivity contribution is 14.1. The first kappa shape index (κ1) is 19.6. The Balaban J connectivity index is 1.74. The van der Waals surface area contributed by atoms with Crippen LogP contribution in [0, 0.1) is 15.4 Å². The molecule has 4 rings (SSSR count). The number of esters is 1. The Bertz CT molecular complexity index is 972. The van der Waals surface area contributed by atoms with Crippen molar-refractivity contribution in [1.82, 2.24) is 0 Å². The van der Waals surface area contributed by atoms with Crippen LogP contribution in [0.5, 0.6) is 5.75 Å². The van der Waals surface area contributed by atoms with Crippen LogP contribution in [0.4, 0.5) is 0 Å². The molecule has 3 aromatic carbocycles. The number of para-hydroxylation sites is 1. The van der Waals surface area contributed by atoms with Gasteiger partial charge in [0, 0.05) is 11.8 Å². The van der Waals surface area contributed by atoms with Gasteiger partial charge in [0.05, 0.1) is 15.4 Å². The van der Waals surface area contributed by atoms with Crippen molar-refractivity contribution in [2.24, 2.45) is 11.8 Å². The number of rotatable bonds is 5. The fraction of sp³-hybridized carbons (Fsp3) is 0.167. The summed E-state index contributed by atoms with van der Waals surface area (Å²) in [6, 6.07) is 26.1. The van der Waals surface area contributed by atoms with Gasteiger partial charge in [-0.25, -0.2) is 0 Å². The van der Waals surface area contributed by atoms with E-state index in [0.29, 0.717) is 5.75 Å². The standard InChI is InChI=1S/C24H19IO4/c25-17-13-7-8-14-18(17)29-24(28)22-19(15-9-3-1-4-10-15)21(23(26)27)20(22)16-11-5-2-6-12-16/h1-14,19-22H,(H,26,27)/t19-,20?,21-,22-/m0/s1. The van der Waals surface area contributed by atoms with E-state index in [2.05, 4.69) is 22.6 Å². The van der Waals surface area contributed by atoms with Crippen molar-refractivity contribution in [3.8, 4) is 5.75 Å². The summed E-state index contributed by atoms with van der Waals surface area (Å²) in [6.45, 7) is 0. The Labute approximate surface area is 182 Å². The lowest BCUT2D eigenvalue weighted by Gasteiger charge is -2.49. The molecule has 1 aliphatic carbocycles. The van der Waals surface area contributed by atoms with E-state index in [1.807, 2.05) is 78.9 Å². The van der Waals surface area contributed by atoms with Gasteiger partial charge in [0.15, 0.2) is 0 Å². The molecular formula is C24H19IO4. The van der Waals surface area contributed by atoms with E-state index in [0.717, 1.165) is 14.7 Å². The summed E-state index contributed by atoms with van der Waals surface area (Å²) >= 11 is 2.12. The number of benzene rings is 3. The molecule has 1 N–H and O–H groups in total. The van der Waals surface area contributed by atoms with Crippen LogP contribution < -0.4 is 4.74 Å². The maximum Gasteiger partial charge on any atom is 0.315 e. The molecule has 4 atom stereocenters. The monoisotopic (exact) mass is 498 g/mol. The molecule has 1 aliphatic rings. The third kappa shape index (κ3) is 3.79. The van der Waals surface area contributed by atoms with Crippen molar-refractivity contribution < 1.29 is 19.4 Å². The normalized spacial score (nSPS) is 23.1. The van der Waals surface area contributed by atoms with Gasteiger partial charge >= 0.3 is 11.9 Å². The van der Waals surface area contributed by atoms with E-state index in [1.54, 1.807) is 6.07 Å². The Hall–Kier alpha value is -2.67. The number of carboxylic acid groups (broad SMARTS) is 1. The maximum atomic E-state index is 13.3. The van der Waals surface area contributed by atoms with Gasteiger partial charge in [-0.05, 0) is 45.9 Å². The molecule has 0 radical (unpaired) electrons. The minimum absolute atomic E-state index is 0.394. The molecule has 0 amide bonds. The Morgan fingerprint density at radius 3 is 1.69 bits per heavy atom. The summed E-state index contributed by atoms with van der Waals surface area (Å²) in [7, 11) is 0. The number of ether oxygens (including phenoxy) is 1. The summed E-state index contributed by atoms with van der Waals surface area (Å²) in [4.78, 5) is 25.4. The van der Waals surface area contributed by atoms with Crippen molar-refractivity contribution >= 4 is 34.5 Å². The lowest BCUT2D eigenvalue weighted by molar-refractivity contribution is -0.158. The van der Waals surface area contributed by atoms with E-state index in [9.17, 15) is 14.7 Å². The largest absolute Gasteiger partial charge is 0.481 e. The molecule has 4 nitrogen and oxygen atoms in total. The zero-order valence-corrected chi connectivity index (χ0v) is 17.6. The van der Waals surface area contributed by atoms with Gasteiger partial charge in [0.1, 0.15) is 5.75 Å². The van der Waals surface area contributed by atoms with E-state index in [1.165, 1.54) is 0 Å². The first-order valence-corrected chi connectivity index (χ1v) is 10.4. The lowest BCUT2D eigenvalue weighted by Crippen LogP contribution is -2.52. The minimum atomic E-state index is -0.897. The highest BCUT2D eigenvalue weighted by Crippen LogP contribution is 2.58. The fourth-order valence-corrected chi connectivity index (χ4v) is 4.73. The third-order valence-electron chi connectivity index (χ3n) is 5.52. The van der Waals surface area contributed by atoms with Crippen molar-refractivity contribution in [3.63, 3.8) is 0 Å². The average Bonchev–Trinajstić information content (AvgIpc) is 2.70. The number of carboxylic acids is 1. The topological polar surface area (TPSA) is 63.6 Å². The molecule has 5 heteroatoms. The molecule has 0 aromatic heterocycles. The third-order valence-corrected chi connectivity index (χ3v) is 6.41. The van der Waals surface area contributed by atoms with Crippen molar-refractivity contribution in [2.45, 2.75) is 11.8 Å². The quantitative estimate of drug-likeness (QED) is 0.302. The van der Waals surface area contributed by atoms with Crippen LogP contribution in [0.25, 0.3) is 0 Å². The van der Waals surface area contributed by atoms with E-state index < -0.39 is 35.6 Å². The van der Waals surface area contributed by atoms with Crippen LogP contribution in [-0.2, 0) is 9.59 Å². The van der Waals surface area contributed by atoms with Crippen LogP contribution in [0.2, 0.25) is 0 Å². The van der Waals surface area contributed by atoms with Gasteiger partial charge in [0.25, 0.3) is 0 Å². The molecular weight excluding hydrogens is 479 g/mol. The van der Waals surface area contributed by atoms with Crippen LogP contribution >= 0.6 is 22.6 Å². The summed E-state index contributed by atoms with van der Waals surface area (Å²) < 4.78 is 6.57. The van der Waals surface area contributed by atoms with Gasteiger partial charge in [0.2, 0.25) is 0 Å². The predicted octanol–water partition coefficient (Wildman–Crippen LogP) is 5.09. The molecule has 1 unspecified atom stereocenters. The zero-order valence-electron chi connectivity index (χ0n) is 15.4. The number of halogens is 1. The number of hydrogen-bond acceptors (Lipinski definition) is 3. The van der Waals surface area contributed by atoms with Gasteiger partial charge < -0.3 is 9.84 Å². The second-order valence-electron chi connectivity index (χ2n) is 7.11. The summed E-state index contributed by atoms with van der Waals surface area (Å²) in [5.74, 6) is -2.93. The minimum Gasteiger partial charge on any atom is -0.481 e. The van der Waals surface area contributed by atoms with E-state index in [-0.39, 0.29) is 0 Å². The molecule has 3 aromatic rings. The highest BCUT2D eigenvalue weighted by atomic mass is 127. The molecule has 0 spiro atoms. The molecule has 1 fully saturated rings. The van der Waals surface area contributed by atoms with Crippen LogP contribution in [0.1, 0.15) is 23.0 Å². The SMILES string of the molecule is O=C(O)[C@@H]1C(c2ccccc2)[C@@H](C(=O)Oc2ccccc2I)[C@H]1c1ccccc1. The highest BCUT2D eigenvalue weighted by Gasteiger charge is 2.59. The van der Waals surface area contributed by atoms with Crippen molar-refractivity contribution in [3.05, 3.63) is 99.6 Å². The van der Waals surface area contributed by atoms with Crippen molar-refractivity contribution in [2.75, 3.05) is 0 Å². The van der Waals surface area contributed by atoms with Crippen LogP contribution in [0.15, 0.2) is 84.9 Å². The first-order valence-electron chi connectivity index (χ1n) is 9.37. The molecule has 0 aliphatic heterocycles. The van der Waals surface area contributed by atoms with E-state index >= 15 is 0 Å². The second kappa shape index (κ2) is 8.37. The van der Waals surface area contributed by atoms with E-state index in [4.69, 9.17) is 4.74 Å². The molecule has 0 heterocycles. The number of carbonyl (C=O) groups excluding carboxylic acids is 1. The first-order chi connectivity index (χ1) is 14.1. The van der Waals surface area contributed by atoms with Gasteiger partial charge in [-0.15, -0.1) is 0 Å². The molecule has 29 heavy (non-hydrogen) atoms. The lowest BCUT2D eigenvalue weighted by atomic mass is 9.52. The fourth-order valence-electron chi connectivity index (χ4n) is 4.23. The average molecular weight is 498 g/mol. The Morgan fingerprint density at radius 1 is 0.724 bits per heavy atom. The number of hydrogen-bond donors (Lipinski definition) is 1. The van der Waals surface area contributed by atoms with Crippen LogP contribution in [0.3, 0.4) is 0 Å². The molecule has 0 saturated heterocycles. The predicted molar refractivity (Wildman–Crippen MR) is 118 cm³/mol. The Kier molecular flexibility index (Phi) is 5.67. The van der Waals surface area contributed by atoms with Gasteiger partial charge in [-0.3, -0.25) is 9.59 Å².